The van der Waals surface area contributed by atoms with E-state index >= 15 is 0 Å². The van der Waals surface area contributed by atoms with Gasteiger partial charge in [0.25, 0.3) is 5.69 Å². The van der Waals surface area contributed by atoms with Gasteiger partial charge in [-0.2, -0.15) is 0 Å². The van der Waals surface area contributed by atoms with Gasteiger partial charge in [-0.3, -0.25) is 20.2 Å². The molecule has 1 heterocycles. The van der Waals surface area contributed by atoms with Crippen LogP contribution in [0, 0.1) is 26.0 Å². The zero-order valence-electron chi connectivity index (χ0n) is 9.91. The predicted molar refractivity (Wildman–Crippen MR) is 71.4 cm³/mol. The van der Waals surface area contributed by atoms with Crippen molar-refractivity contribution >= 4 is 27.7 Å². The quantitative estimate of drug-likeness (QED) is 0.674. The Morgan fingerprint density at radius 1 is 1.15 bits per heavy atom. The number of halogens is 1. The molecule has 0 atom stereocenters. The molecular weight excluding hydrogens is 289 g/mol. The van der Waals surface area contributed by atoms with Crippen molar-refractivity contribution in [2.24, 2.45) is 0 Å². The van der Waals surface area contributed by atoms with Gasteiger partial charge in [0.15, 0.2) is 0 Å². The van der Waals surface area contributed by atoms with Crippen molar-refractivity contribution in [1.29, 1.82) is 0 Å². The van der Waals surface area contributed by atoms with Gasteiger partial charge in [0.1, 0.15) is 11.5 Å². The number of hydrogen-bond acceptors (Lipinski definition) is 6. The fourth-order valence-electron chi connectivity index (χ4n) is 1.55. The molecule has 9 heteroatoms. The van der Waals surface area contributed by atoms with Gasteiger partial charge in [0.2, 0.25) is 0 Å². The molecule has 0 bridgehead atoms. The highest BCUT2D eigenvalue weighted by atomic mass is 32.1. The molecule has 1 aromatic heterocycles. The summed E-state index contributed by atoms with van der Waals surface area (Å²) in [5.74, 6) is -0.700. The number of nitrogens with one attached hydrogen (secondary N) is 1. The lowest BCUT2D eigenvalue weighted by Crippen LogP contribution is -2.01. The van der Waals surface area contributed by atoms with Gasteiger partial charge in [0.05, 0.1) is 15.9 Å². The lowest BCUT2D eigenvalue weighted by molar-refractivity contribution is -0.384. The Hall–Kier alpha value is -2.55. The molecule has 0 saturated heterocycles. The van der Waals surface area contributed by atoms with Crippen LogP contribution in [0.5, 0.6) is 0 Å². The minimum atomic E-state index is -0.700. The first-order chi connectivity index (χ1) is 9.47. The molecule has 104 valence electrons. The molecule has 0 aliphatic rings. The van der Waals surface area contributed by atoms with Crippen LogP contribution in [0.2, 0.25) is 0 Å². The summed E-state index contributed by atoms with van der Waals surface area (Å²) in [6.45, 7) is 0.185. The van der Waals surface area contributed by atoms with Gasteiger partial charge in [-0.05, 0) is 18.2 Å². The normalized spacial score (nSPS) is 10.2. The number of thiophene rings is 1. The number of rotatable bonds is 5. The van der Waals surface area contributed by atoms with Gasteiger partial charge in [-0.1, -0.05) is 11.3 Å². The van der Waals surface area contributed by atoms with Crippen LogP contribution in [-0.2, 0) is 6.54 Å². The molecule has 1 N–H and O–H groups in total. The highest BCUT2D eigenvalue weighted by molar-refractivity contribution is 7.15. The maximum Gasteiger partial charge on any atom is 0.324 e. The van der Waals surface area contributed by atoms with Crippen molar-refractivity contribution in [2.45, 2.75) is 6.54 Å². The molecule has 7 nitrogen and oxygen atoms in total. The zero-order valence-corrected chi connectivity index (χ0v) is 10.7. The number of hydrogen-bond donors (Lipinski definition) is 1. The lowest BCUT2D eigenvalue weighted by Gasteiger charge is -2.05. The molecule has 0 aliphatic heterocycles. The molecule has 0 fully saturated rings. The Morgan fingerprint density at radius 2 is 1.90 bits per heavy atom. The second-order valence-electron chi connectivity index (χ2n) is 3.77. The summed E-state index contributed by atoms with van der Waals surface area (Å²) in [5.41, 5.74) is -0.219. The Labute approximate surface area is 116 Å². The third kappa shape index (κ3) is 3.06. The zero-order chi connectivity index (χ0) is 14.7. The first kappa shape index (κ1) is 13.9. The van der Waals surface area contributed by atoms with Gasteiger partial charge < -0.3 is 5.32 Å². The van der Waals surface area contributed by atoms with Crippen molar-refractivity contribution in [2.75, 3.05) is 5.32 Å². The lowest BCUT2D eigenvalue weighted by atomic mass is 10.2. The van der Waals surface area contributed by atoms with Crippen molar-refractivity contribution in [1.82, 2.24) is 0 Å². The standard InChI is InChI=1S/C11H8FN3O4S/c12-7-1-3-9(10(5-7)14(16)17)13-6-8-2-4-11(20-8)15(18)19/h1-5,13H,6H2. The maximum absolute atomic E-state index is 13.0. The van der Waals surface area contributed by atoms with E-state index < -0.39 is 15.7 Å². The minimum Gasteiger partial charge on any atom is -0.375 e. The topological polar surface area (TPSA) is 98.3 Å². The molecule has 0 saturated carbocycles. The monoisotopic (exact) mass is 297 g/mol. The number of nitro groups is 2. The summed E-state index contributed by atoms with van der Waals surface area (Å²) < 4.78 is 13.0. The van der Waals surface area contributed by atoms with Crippen LogP contribution in [0.1, 0.15) is 4.88 Å². The third-order valence-corrected chi connectivity index (χ3v) is 3.47. The maximum atomic E-state index is 13.0. The van der Waals surface area contributed by atoms with E-state index in [0.717, 1.165) is 23.5 Å². The van der Waals surface area contributed by atoms with E-state index in [0.29, 0.717) is 4.88 Å². The summed E-state index contributed by atoms with van der Waals surface area (Å²) in [5, 5.41) is 24.1. The molecule has 20 heavy (non-hydrogen) atoms. The van der Waals surface area contributed by atoms with Crippen LogP contribution in [-0.4, -0.2) is 9.85 Å². The Balaban J connectivity index is 2.14. The van der Waals surface area contributed by atoms with Crippen molar-refractivity contribution in [3.05, 3.63) is 61.3 Å². The van der Waals surface area contributed by atoms with E-state index in [1.54, 1.807) is 6.07 Å². The highest BCUT2D eigenvalue weighted by Gasteiger charge is 2.15. The average Bonchev–Trinajstić information content (AvgIpc) is 2.86. The second-order valence-corrected chi connectivity index (χ2v) is 4.92. The molecule has 2 rings (SSSR count). The van der Waals surface area contributed by atoms with Crippen LogP contribution in [0.15, 0.2) is 30.3 Å². The van der Waals surface area contributed by atoms with E-state index in [1.807, 2.05) is 0 Å². The van der Waals surface area contributed by atoms with E-state index in [2.05, 4.69) is 5.32 Å². The smallest absolute Gasteiger partial charge is 0.324 e. The Morgan fingerprint density at radius 3 is 2.50 bits per heavy atom. The van der Waals surface area contributed by atoms with Gasteiger partial charge in [-0.25, -0.2) is 4.39 Å². The van der Waals surface area contributed by atoms with Crippen molar-refractivity contribution in [3.8, 4) is 0 Å². The van der Waals surface area contributed by atoms with Crippen LogP contribution in [0.25, 0.3) is 0 Å². The first-order valence-corrected chi connectivity index (χ1v) is 6.20. The number of anilines is 1. The number of benzene rings is 1. The summed E-state index contributed by atoms with van der Waals surface area (Å²) in [6.07, 6.45) is 0. The van der Waals surface area contributed by atoms with Crippen molar-refractivity contribution in [3.63, 3.8) is 0 Å². The number of nitrogens with zero attached hydrogens (tertiary/aromatic N) is 2. The third-order valence-electron chi connectivity index (χ3n) is 2.44. The molecule has 2 aromatic rings. The van der Waals surface area contributed by atoms with Crippen molar-refractivity contribution < 1.29 is 14.2 Å². The SMILES string of the molecule is O=[N+]([O-])c1ccc(CNc2ccc(F)cc2[N+](=O)[O-])s1. The molecule has 0 radical (unpaired) electrons. The van der Waals surface area contributed by atoms with E-state index in [-0.39, 0.29) is 22.9 Å². The molecule has 0 aliphatic carbocycles. The van der Waals surface area contributed by atoms with Crippen LogP contribution >= 0.6 is 11.3 Å². The largest absolute Gasteiger partial charge is 0.375 e. The molecule has 0 unspecified atom stereocenters. The van der Waals surface area contributed by atoms with Gasteiger partial charge in [0, 0.05) is 17.5 Å². The van der Waals surface area contributed by atoms with Gasteiger partial charge >= 0.3 is 5.00 Å². The predicted octanol–water partition coefficient (Wildman–Crippen LogP) is 3.32. The summed E-state index contributed by atoms with van der Waals surface area (Å²) in [7, 11) is 0. The Kier molecular flexibility index (Phi) is 3.89. The summed E-state index contributed by atoms with van der Waals surface area (Å²) in [6, 6.07) is 6.10. The van der Waals surface area contributed by atoms with E-state index in [4.69, 9.17) is 0 Å². The second kappa shape index (κ2) is 5.61. The summed E-state index contributed by atoms with van der Waals surface area (Å²) >= 11 is 0.972. The highest BCUT2D eigenvalue weighted by Crippen LogP contribution is 2.28. The summed E-state index contributed by atoms with van der Waals surface area (Å²) in [4.78, 5) is 20.8. The van der Waals surface area contributed by atoms with Gasteiger partial charge in [-0.15, -0.1) is 0 Å². The first-order valence-electron chi connectivity index (χ1n) is 5.38. The molecule has 0 amide bonds. The Bertz CT molecular complexity index is 673. The van der Waals surface area contributed by atoms with Crippen LogP contribution in [0.4, 0.5) is 20.8 Å². The van der Waals surface area contributed by atoms with Crippen LogP contribution < -0.4 is 5.32 Å². The average molecular weight is 297 g/mol. The van der Waals surface area contributed by atoms with E-state index in [9.17, 15) is 24.6 Å². The fraction of sp³-hybridized carbons (Fsp3) is 0.0909. The fourth-order valence-corrected chi connectivity index (χ4v) is 2.31. The number of nitro benzene ring substituents is 1. The molecule has 1 aromatic carbocycles. The minimum absolute atomic E-state index is 0.00425. The van der Waals surface area contributed by atoms with E-state index in [1.165, 1.54) is 12.1 Å². The molecular formula is C11H8FN3O4S. The van der Waals surface area contributed by atoms with Crippen LogP contribution in [0.3, 0.4) is 0 Å². The molecule has 0 spiro atoms.